The number of aliphatic hydroxyl groups is 1. The van der Waals surface area contributed by atoms with E-state index in [-0.39, 0.29) is 33.9 Å². The van der Waals surface area contributed by atoms with E-state index >= 15 is 0 Å². The van der Waals surface area contributed by atoms with Crippen LogP contribution in [0.25, 0.3) is 0 Å². The molecule has 1 N–H and O–H groups in total. The second-order valence-electron chi connectivity index (χ2n) is 14.0. The lowest BCUT2D eigenvalue weighted by Crippen LogP contribution is -2.70. The molecule has 2 spiro atoms. The summed E-state index contributed by atoms with van der Waals surface area (Å²) < 4.78 is 18.5. The molecule has 5 aliphatic carbocycles. The SMILES string of the molecule is COc1ccc2c(c1)C[C@]13CCC4(C[C@]1(O)CC[C@@H]1[C@@H]3[C@@H]2C[C@]2(C)C(=O)C=C[C@H]12)OCC(C)(C)CO4. The van der Waals surface area contributed by atoms with Crippen LogP contribution in [0.15, 0.2) is 30.4 Å². The molecule has 1 aliphatic heterocycles. The summed E-state index contributed by atoms with van der Waals surface area (Å²) in [5, 5.41) is 12.7. The third-order valence-electron chi connectivity index (χ3n) is 11.4. The van der Waals surface area contributed by atoms with Crippen molar-refractivity contribution in [2.75, 3.05) is 20.3 Å². The van der Waals surface area contributed by atoms with Crippen molar-refractivity contribution in [3.63, 3.8) is 0 Å². The van der Waals surface area contributed by atoms with Crippen LogP contribution in [0, 0.1) is 34.0 Å². The Hall–Kier alpha value is -1.69. The van der Waals surface area contributed by atoms with Crippen LogP contribution in [0.2, 0.25) is 0 Å². The van der Waals surface area contributed by atoms with E-state index in [4.69, 9.17) is 14.2 Å². The maximum Gasteiger partial charge on any atom is 0.171 e. The van der Waals surface area contributed by atoms with Crippen molar-refractivity contribution >= 4 is 5.78 Å². The van der Waals surface area contributed by atoms with Crippen molar-refractivity contribution in [3.05, 3.63) is 41.5 Å². The van der Waals surface area contributed by atoms with Gasteiger partial charge in [-0.2, -0.15) is 0 Å². The molecule has 194 valence electrons. The van der Waals surface area contributed by atoms with Gasteiger partial charge < -0.3 is 19.3 Å². The number of hydrogen-bond donors (Lipinski definition) is 1. The molecule has 5 nitrogen and oxygen atoms in total. The van der Waals surface area contributed by atoms with Crippen molar-refractivity contribution in [2.45, 2.75) is 83.0 Å². The van der Waals surface area contributed by atoms with Crippen molar-refractivity contribution in [3.8, 4) is 5.75 Å². The minimum Gasteiger partial charge on any atom is -0.497 e. The molecule has 1 aromatic carbocycles. The predicted octanol–water partition coefficient (Wildman–Crippen LogP) is 5.20. The largest absolute Gasteiger partial charge is 0.497 e. The quantitative estimate of drug-likeness (QED) is 0.584. The Bertz CT molecular complexity index is 1140. The molecule has 36 heavy (non-hydrogen) atoms. The molecule has 0 unspecified atom stereocenters. The van der Waals surface area contributed by atoms with E-state index in [9.17, 15) is 9.90 Å². The van der Waals surface area contributed by atoms with Gasteiger partial charge in [-0.15, -0.1) is 0 Å². The third-order valence-corrected chi connectivity index (χ3v) is 11.4. The first kappa shape index (κ1) is 23.4. The van der Waals surface area contributed by atoms with Gasteiger partial charge in [0, 0.05) is 29.1 Å². The normalized spacial score (nSPS) is 45.4. The molecule has 1 heterocycles. The number of ether oxygens (including phenoxy) is 3. The minimum atomic E-state index is -0.854. The van der Waals surface area contributed by atoms with E-state index in [1.165, 1.54) is 11.1 Å². The van der Waals surface area contributed by atoms with Crippen LogP contribution in [0.4, 0.5) is 0 Å². The third kappa shape index (κ3) is 2.91. The van der Waals surface area contributed by atoms with Crippen LogP contribution in [0.5, 0.6) is 5.75 Å². The lowest BCUT2D eigenvalue weighted by Gasteiger charge is -2.69. The number of ketones is 1. The smallest absolute Gasteiger partial charge is 0.171 e. The maximum atomic E-state index is 13.2. The zero-order valence-corrected chi connectivity index (χ0v) is 22.1. The zero-order valence-electron chi connectivity index (χ0n) is 22.1. The van der Waals surface area contributed by atoms with Gasteiger partial charge in [-0.25, -0.2) is 0 Å². The van der Waals surface area contributed by atoms with E-state index in [0.29, 0.717) is 31.5 Å². The fraction of sp³-hybridized carbons (Fsp3) is 0.710. The number of benzene rings is 1. The van der Waals surface area contributed by atoms with Gasteiger partial charge in [0.1, 0.15) is 5.75 Å². The molecule has 0 aromatic heterocycles. The number of hydrogen-bond acceptors (Lipinski definition) is 5. The van der Waals surface area contributed by atoms with Gasteiger partial charge in [-0.05, 0) is 85.1 Å². The van der Waals surface area contributed by atoms with E-state index in [1.807, 2.05) is 6.08 Å². The van der Waals surface area contributed by atoms with Gasteiger partial charge in [0.15, 0.2) is 11.6 Å². The molecule has 0 amide bonds. The first-order valence-corrected chi connectivity index (χ1v) is 13.9. The van der Waals surface area contributed by atoms with Crippen LogP contribution in [0.1, 0.15) is 76.3 Å². The molecular weight excluding hydrogens is 452 g/mol. The lowest BCUT2D eigenvalue weighted by molar-refractivity contribution is -0.357. The van der Waals surface area contributed by atoms with Gasteiger partial charge in [0.25, 0.3) is 0 Å². The fourth-order valence-corrected chi connectivity index (χ4v) is 9.67. The van der Waals surface area contributed by atoms with Crippen LogP contribution < -0.4 is 4.74 Å². The van der Waals surface area contributed by atoms with Crippen LogP contribution in [-0.2, 0) is 20.7 Å². The average molecular weight is 493 g/mol. The van der Waals surface area contributed by atoms with Crippen molar-refractivity contribution in [1.82, 2.24) is 0 Å². The van der Waals surface area contributed by atoms with E-state index in [1.54, 1.807) is 7.11 Å². The van der Waals surface area contributed by atoms with Gasteiger partial charge in [0.2, 0.25) is 0 Å². The van der Waals surface area contributed by atoms with Crippen LogP contribution >= 0.6 is 0 Å². The molecule has 7 rings (SSSR count). The Morgan fingerprint density at radius 3 is 2.61 bits per heavy atom. The van der Waals surface area contributed by atoms with E-state index in [0.717, 1.165) is 44.3 Å². The van der Waals surface area contributed by atoms with Gasteiger partial charge in [0.05, 0.1) is 25.9 Å². The van der Waals surface area contributed by atoms with Crippen molar-refractivity contribution in [2.24, 2.45) is 34.0 Å². The molecule has 6 aliphatic rings. The van der Waals surface area contributed by atoms with Crippen molar-refractivity contribution in [1.29, 1.82) is 0 Å². The summed E-state index contributed by atoms with van der Waals surface area (Å²) in [6.45, 7) is 7.88. The van der Waals surface area contributed by atoms with Crippen LogP contribution in [-0.4, -0.2) is 42.6 Å². The van der Waals surface area contributed by atoms with E-state index < -0.39 is 11.4 Å². The topological polar surface area (TPSA) is 65.0 Å². The molecule has 4 fully saturated rings. The summed E-state index contributed by atoms with van der Waals surface area (Å²) >= 11 is 0. The summed E-state index contributed by atoms with van der Waals surface area (Å²) in [5.74, 6) is 1.77. The molecule has 1 aromatic rings. The maximum absolute atomic E-state index is 13.2. The minimum absolute atomic E-state index is 0.00125. The second kappa shape index (κ2) is 7.24. The van der Waals surface area contributed by atoms with Crippen LogP contribution in [0.3, 0.4) is 0 Å². The molecule has 7 atom stereocenters. The number of allylic oxidation sites excluding steroid dienone is 2. The Morgan fingerprint density at radius 2 is 1.86 bits per heavy atom. The highest BCUT2D eigenvalue weighted by molar-refractivity contribution is 5.97. The van der Waals surface area contributed by atoms with Gasteiger partial charge >= 0.3 is 0 Å². The highest BCUT2D eigenvalue weighted by Gasteiger charge is 2.71. The average Bonchev–Trinajstić information content (AvgIpc) is 3.15. The summed E-state index contributed by atoms with van der Waals surface area (Å²) in [6.07, 6.45) is 9.72. The molecule has 0 radical (unpaired) electrons. The fourth-order valence-electron chi connectivity index (χ4n) is 9.67. The van der Waals surface area contributed by atoms with Gasteiger partial charge in [-0.1, -0.05) is 32.9 Å². The van der Waals surface area contributed by atoms with Gasteiger partial charge in [-0.3, -0.25) is 4.79 Å². The second-order valence-corrected chi connectivity index (χ2v) is 14.0. The first-order chi connectivity index (χ1) is 17.0. The highest BCUT2D eigenvalue weighted by Crippen LogP contribution is 2.73. The Labute approximate surface area is 214 Å². The molecular formula is C31H40O5. The number of carbonyl (C=O) groups excluding carboxylic acids is 1. The molecule has 5 heteroatoms. The number of carbonyl (C=O) groups is 1. The number of fused-ring (bicyclic) bond motifs is 4. The first-order valence-electron chi connectivity index (χ1n) is 13.9. The Balaban J connectivity index is 1.35. The molecule has 3 saturated carbocycles. The number of methoxy groups -OCH3 is 1. The Morgan fingerprint density at radius 1 is 1.08 bits per heavy atom. The Kier molecular flexibility index (Phi) is 4.71. The monoisotopic (exact) mass is 492 g/mol. The van der Waals surface area contributed by atoms with Crippen molar-refractivity contribution < 1.29 is 24.1 Å². The summed E-state index contributed by atoms with van der Waals surface area (Å²) in [6, 6.07) is 6.51. The summed E-state index contributed by atoms with van der Waals surface area (Å²) in [5.41, 5.74) is 1.22. The summed E-state index contributed by atoms with van der Waals surface area (Å²) in [4.78, 5) is 13.2. The van der Waals surface area contributed by atoms with E-state index in [2.05, 4.69) is 45.0 Å². The molecule has 0 bridgehead atoms. The predicted molar refractivity (Wildman–Crippen MR) is 136 cm³/mol. The molecule has 1 saturated heterocycles. The lowest BCUT2D eigenvalue weighted by atomic mass is 9.37. The highest BCUT2D eigenvalue weighted by atomic mass is 16.7. The zero-order chi connectivity index (χ0) is 25.1. The standard InChI is InChI=1S/C31H40O5/c1-27(2)17-35-31(36-18-27)12-11-29-14-19-13-20(34-4)5-6-21(19)23-15-28(3)24(7-8-25(28)32)22(26(23)29)9-10-30(29,33)16-31/h5-8,13,22-24,26,33H,9-12,14-18H2,1-4H3/t22-,23+,24+,26+,28-,29-,30+/m0/s1. The summed E-state index contributed by atoms with van der Waals surface area (Å²) in [7, 11) is 1.72. The number of rotatable bonds is 1.